The SMILES string of the molecule is COC(=O)CC[C@H](O)C(=O)OC.O=C1CC[C@@H](C(=O)O)O1.O=C1CC[C@@H](CO)O1.[H+]. The van der Waals surface area contributed by atoms with Crippen LogP contribution in [0.1, 0.15) is 40.0 Å². The van der Waals surface area contributed by atoms with Crippen molar-refractivity contribution in [3.8, 4) is 0 Å². The number of carbonyl (C=O) groups excluding carboxylic acids is 4. The average Bonchev–Trinajstić information content (AvgIpc) is 3.34. The average molecular weight is 423 g/mol. The summed E-state index contributed by atoms with van der Waals surface area (Å²) in [4.78, 5) is 51.8. The van der Waals surface area contributed by atoms with Crippen LogP contribution in [0.25, 0.3) is 0 Å². The van der Waals surface area contributed by atoms with Crippen molar-refractivity contribution in [2.45, 2.75) is 56.8 Å². The molecule has 3 atom stereocenters. The van der Waals surface area contributed by atoms with Crippen LogP contribution in [0.4, 0.5) is 0 Å². The second kappa shape index (κ2) is 14.3. The minimum atomic E-state index is -1.24. The molecule has 2 fully saturated rings. The second-order valence-corrected chi connectivity index (χ2v) is 5.84. The number of carboxylic acids is 1. The molecule has 0 saturated carbocycles. The van der Waals surface area contributed by atoms with Gasteiger partial charge >= 0.3 is 31.3 Å². The quantitative estimate of drug-likeness (QED) is 0.352. The Labute approximate surface area is 168 Å². The molecule has 3 N–H and O–H groups in total. The molecule has 2 rings (SSSR count). The van der Waals surface area contributed by atoms with Gasteiger partial charge in [0.15, 0.2) is 12.2 Å². The Morgan fingerprint density at radius 1 is 1.10 bits per heavy atom. The fraction of sp³-hybridized carbons (Fsp3) is 0.706. The monoisotopic (exact) mass is 423 g/mol. The molecule has 2 aliphatic rings. The third-order valence-electron chi connectivity index (χ3n) is 3.65. The minimum absolute atomic E-state index is 0. The molecule has 0 unspecified atom stereocenters. The van der Waals surface area contributed by atoms with E-state index >= 15 is 0 Å². The smallest absolute Gasteiger partial charge is 0.479 e. The van der Waals surface area contributed by atoms with Crippen molar-refractivity contribution in [2.75, 3.05) is 20.8 Å². The van der Waals surface area contributed by atoms with Crippen molar-refractivity contribution < 1.29 is 59.7 Å². The molecule has 12 heteroatoms. The summed E-state index contributed by atoms with van der Waals surface area (Å²) in [6.07, 6.45) is -0.633. The Bertz CT molecular complexity index is 579. The van der Waals surface area contributed by atoms with E-state index in [1.54, 1.807) is 0 Å². The summed E-state index contributed by atoms with van der Waals surface area (Å²) in [6.45, 7) is -0.0360. The summed E-state index contributed by atoms with van der Waals surface area (Å²) in [5.74, 6) is -2.86. The maximum absolute atomic E-state index is 10.6. The van der Waals surface area contributed by atoms with Crippen LogP contribution in [0.2, 0.25) is 0 Å². The molecule has 2 aliphatic heterocycles. The summed E-state index contributed by atoms with van der Waals surface area (Å²) in [6, 6.07) is 0. The van der Waals surface area contributed by atoms with Crippen LogP contribution in [0, 0.1) is 0 Å². The van der Waals surface area contributed by atoms with E-state index in [1.165, 1.54) is 14.2 Å². The summed E-state index contributed by atoms with van der Waals surface area (Å²) < 4.78 is 17.6. The maximum atomic E-state index is 10.6. The number of hydrogen-bond acceptors (Lipinski definition) is 11. The predicted molar refractivity (Wildman–Crippen MR) is 93.3 cm³/mol. The topological polar surface area (TPSA) is 183 Å². The van der Waals surface area contributed by atoms with Crippen LogP contribution in [0.3, 0.4) is 0 Å². The van der Waals surface area contributed by atoms with Gasteiger partial charge in [0.1, 0.15) is 6.10 Å². The zero-order valence-corrected chi connectivity index (χ0v) is 16.2. The Hall–Kier alpha value is -2.73. The van der Waals surface area contributed by atoms with Crippen molar-refractivity contribution in [3.63, 3.8) is 0 Å². The van der Waals surface area contributed by atoms with Gasteiger partial charge in [-0.3, -0.25) is 14.4 Å². The van der Waals surface area contributed by atoms with E-state index in [2.05, 4.69) is 18.9 Å². The second-order valence-electron chi connectivity index (χ2n) is 5.84. The lowest BCUT2D eigenvalue weighted by molar-refractivity contribution is -0.156. The van der Waals surface area contributed by atoms with Gasteiger partial charge in [0.05, 0.1) is 20.8 Å². The van der Waals surface area contributed by atoms with Crippen molar-refractivity contribution in [1.29, 1.82) is 0 Å². The van der Waals surface area contributed by atoms with Gasteiger partial charge in [-0.15, -0.1) is 0 Å². The van der Waals surface area contributed by atoms with Gasteiger partial charge in [-0.2, -0.15) is 0 Å². The Balaban J connectivity index is 0. The van der Waals surface area contributed by atoms with Gasteiger partial charge in [-0.25, -0.2) is 9.59 Å². The highest BCUT2D eigenvalue weighted by Gasteiger charge is 2.29. The summed E-state index contributed by atoms with van der Waals surface area (Å²) in [7, 11) is 2.41. The predicted octanol–water partition coefficient (Wildman–Crippen LogP) is -0.953. The highest BCUT2D eigenvalue weighted by atomic mass is 16.6. The zero-order valence-electron chi connectivity index (χ0n) is 17.2. The first-order valence-electron chi connectivity index (χ1n) is 8.69. The fourth-order valence-corrected chi connectivity index (χ4v) is 2.02. The normalized spacial score (nSPS) is 20.7. The number of hydrogen-bond donors (Lipinski definition) is 3. The number of ether oxygens (including phenoxy) is 4. The van der Waals surface area contributed by atoms with Crippen LogP contribution in [0.15, 0.2) is 0 Å². The highest BCUT2D eigenvalue weighted by Crippen LogP contribution is 2.13. The molecule has 0 aromatic carbocycles. The number of methoxy groups -OCH3 is 2. The van der Waals surface area contributed by atoms with Crippen molar-refractivity contribution in [2.24, 2.45) is 0 Å². The number of carbonyl (C=O) groups is 5. The van der Waals surface area contributed by atoms with Crippen LogP contribution in [-0.2, 0) is 42.9 Å². The number of rotatable bonds is 6. The lowest BCUT2D eigenvalue weighted by Crippen LogP contribution is -2.22. The van der Waals surface area contributed by atoms with E-state index in [0.717, 1.165) is 0 Å². The van der Waals surface area contributed by atoms with Crippen LogP contribution < -0.4 is 0 Å². The molecule has 0 bridgehead atoms. The largest absolute Gasteiger partial charge is 1.00 e. The molecular weight excluding hydrogens is 396 g/mol. The van der Waals surface area contributed by atoms with Gasteiger partial charge in [-0.05, 0) is 12.8 Å². The van der Waals surface area contributed by atoms with Gasteiger partial charge in [-0.1, -0.05) is 0 Å². The van der Waals surface area contributed by atoms with Gasteiger partial charge in [0, 0.05) is 25.7 Å². The lowest BCUT2D eigenvalue weighted by atomic mass is 10.2. The minimum Gasteiger partial charge on any atom is -0.479 e. The summed E-state index contributed by atoms with van der Waals surface area (Å²) >= 11 is 0. The zero-order chi connectivity index (χ0) is 22.4. The number of cyclic esters (lactones) is 2. The summed E-state index contributed by atoms with van der Waals surface area (Å²) in [5.41, 5.74) is 0. The van der Waals surface area contributed by atoms with Gasteiger partial charge < -0.3 is 34.3 Å². The van der Waals surface area contributed by atoms with E-state index in [4.69, 9.17) is 15.3 Å². The Morgan fingerprint density at radius 3 is 2.00 bits per heavy atom. The van der Waals surface area contributed by atoms with Crippen LogP contribution >= 0.6 is 0 Å². The van der Waals surface area contributed by atoms with Gasteiger partial charge in [0.25, 0.3) is 0 Å². The molecule has 0 radical (unpaired) electrons. The van der Waals surface area contributed by atoms with E-state index in [0.29, 0.717) is 19.3 Å². The molecule has 0 amide bonds. The summed E-state index contributed by atoms with van der Waals surface area (Å²) in [5, 5.41) is 25.6. The molecule has 0 aromatic rings. The van der Waals surface area contributed by atoms with E-state index in [-0.39, 0.29) is 39.4 Å². The standard InChI is InChI=1S/C7H12O5.C5H6O4.C5H8O3/c1-11-6(9)4-3-5(8)7(10)12-2;6-4-2-1-3(9-4)5(7)8;6-3-4-1-2-5(7)8-4/h5,8H,3-4H2,1-2H3;3H,1-2H2,(H,7,8);4,6H,1-3H2/p+1/t5-;3-;4-/m000/s1. The van der Waals surface area contributed by atoms with E-state index < -0.39 is 36.1 Å². The molecule has 29 heavy (non-hydrogen) atoms. The molecule has 12 nitrogen and oxygen atoms in total. The van der Waals surface area contributed by atoms with E-state index in [1.807, 2.05) is 0 Å². The molecular formula is C17H27O12+. The van der Waals surface area contributed by atoms with Crippen LogP contribution in [0.5, 0.6) is 0 Å². The highest BCUT2D eigenvalue weighted by molar-refractivity contribution is 5.81. The number of aliphatic carboxylic acids is 1. The first-order valence-corrected chi connectivity index (χ1v) is 8.69. The molecule has 0 aromatic heterocycles. The van der Waals surface area contributed by atoms with Crippen molar-refractivity contribution in [1.82, 2.24) is 0 Å². The number of carboxylic acid groups (broad SMARTS) is 1. The molecule has 2 saturated heterocycles. The lowest BCUT2D eigenvalue weighted by Gasteiger charge is -2.06. The maximum Gasteiger partial charge on any atom is 1.00 e. The number of esters is 4. The third kappa shape index (κ3) is 11.7. The van der Waals surface area contributed by atoms with Gasteiger partial charge in [0.2, 0.25) is 0 Å². The molecule has 166 valence electrons. The first kappa shape index (κ1) is 26.3. The molecule has 2 heterocycles. The van der Waals surface area contributed by atoms with Crippen molar-refractivity contribution in [3.05, 3.63) is 0 Å². The number of aliphatic hydroxyl groups is 2. The Kier molecular flexibility index (Phi) is 12.9. The first-order chi connectivity index (χ1) is 13.6. The molecule has 0 aliphatic carbocycles. The van der Waals surface area contributed by atoms with E-state index in [9.17, 15) is 24.0 Å². The third-order valence-corrected chi connectivity index (χ3v) is 3.65. The van der Waals surface area contributed by atoms with Crippen LogP contribution in [-0.4, -0.2) is 84.3 Å². The molecule has 0 spiro atoms. The Morgan fingerprint density at radius 2 is 1.69 bits per heavy atom. The number of aliphatic hydroxyl groups excluding tert-OH is 2. The van der Waals surface area contributed by atoms with Crippen molar-refractivity contribution >= 4 is 29.8 Å². The fourth-order valence-electron chi connectivity index (χ4n) is 2.02.